The van der Waals surface area contributed by atoms with Gasteiger partial charge in [-0.3, -0.25) is 4.79 Å². The minimum absolute atomic E-state index is 0.140. The van der Waals surface area contributed by atoms with Gasteiger partial charge in [-0.15, -0.1) is 0 Å². The van der Waals surface area contributed by atoms with E-state index in [1.54, 1.807) is 30.3 Å². The van der Waals surface area contributed by atoms with Crippen molar-refractivity contribution in [1.82, 2.24) is 9.97 Å². The summed E-state index contributed by atoms with van der Waals surface area (Å²) in [5.41, 5.74) is 1.46. The second-order valence-electron chi connectivity index (χ2n) is 6.44. The van der Waals surface area contributed by atoms with Gasteiger partial charge in [0.1, 0.15) is 18.4 Å². The molecule has 1 atom stereocenters. The van der Waals surface area contributed by atoms with Crippen molar-refractivity contribution < 1.29 is 9.71 Å². The average Bonchev–Trinajstić information content (AvgIpc) is 2.56. The SMILES string of the molecule is CC(C)[C@H]([NH2+]Cc1nc2cc(Cl)ccc2c(=O)[nH]1)c1ccc(F)cc1. The lowest BCUT2D eigenvalue weighted by molar-refractivity contribution is -0.718. The molecule has 0 fully saturated rings. The monoisotopic (exact) mass is 360 g/mol. The fraction of sp³-hybridized carbons (Fsp3) is 0.263. The van der Waals surface area contributed by atoms with Gasteiger partial charge in [0.25, 0.3) is 5.56 Å². The zero-order chi connectivity index (χ0) is 18.0. The first-order chi connectivity index (χ1) is 11.9. The Balaban J connectivity index is 1.84. The molecule has 0 aliphatic heterocycles. The van der Waals surface area contributed by atoms with Crippen LogP contribution in [0.2, 0.25) is 5.02 Å². The van der Waals surface area contributed by atoms with Crippen molar-refractivity contribution in [3.63, 3.8) is 0 Å². The summed E-state index contributed by atoms with van der Waals surface area (Å²) in [5, 5.41) is 3.17. The third-order valence-electron chi connectivity index (χ3n) is 4.26. The van der Waals surface area contributed by atoms with Crippen LogP contribution in [-0.4, -0.2) is 9.97 Å². The minimum atomic E-state index is -0.247. The van der Waals surface area contributed by atoms with Crippen molar-refractivity contribution in [2.24, 2.45) is 5.92 Å². The van der Waals surface area contributed by atoms with Gasteiger partial charge in [0.05, 0.1) is 10.9 Å². The largest absolute Gasteiger partial charge is 0.334 e. The summed E-state index contributed by atoms with van der Waals surface area (Å²) in [6.45, 7) is 4.74. The number of nitrogens with one attached hydrogen (secondary N) is 1. The van der Waals surface area contributed by atoms with Crippen LogP contribution in [0.5, 0.6) is 0 Å². The van der Waals surface area contributed by atoms with Crippen LogP contribution >= 0.6 is 11.6 Å². The lowest BCUT2D eigenvalue weighted by atomic mass is 9.96. The zero-order valence-corrected chi connectivity index (χ0v) is 14.8. The van der Waals surface area contributed by atoms with Gasteiger partial charge < -0.3 is 10.3 Å². The number of aromatic nitrogens is 2. The number of hydrogen-bond donors (Lipinski definition) is 2. The molecule has 3 aromatic rings. The maximum atomic E-state index is 13.2. The van der Waals surface area contributed by atoms with Crippen molar-refractivity contribution in [2.45, 2.75) is 26.4 Å². The molecule has 0 bridgehead atoms. The second kappa shape index (κ2) is 7.33. The van der Waals surface area contributed by atoms with Crippen molar-refractivity contribution in [3.05, 3.63) is 75.0 Å². The van der Waals surface area contributed by atoms with Crippen LogP contribution in [-0.2, 0) is 6.54 Å². The molecule has 4 nitrogen and oxygen atoms in total. The predicted octanol–water partition coefficient (Wildman–Crippen LogP) is 3.18. The molecule has 0 unspecified atom stereocenters. The molecule has 0 aliphatic carbocycles. The van der Waals surface area contributed by atoms with Crippen molar-refractivity contribution in [1.29, 1.82) is 0 Å². The van der Waals surface area contributed by atoms with Gasteiger partial charge in [0.2, 0.25) is 0 Å². The normalized spacial score (nSPS) is 12.7. The molecule has 0 amide bonds. The van der Waals surface area contributed by atoms with Gasteiger partial charge in [-0.05, 0) is 30.3 Å². The van der Waals surface area contributed by atoms with E-state index in [4.69, 9.17) is 11.6 Å². The van der Waals surface area contributed by atoms with Crippen molar-refractivity contribution in [2.75, 3.05) is 0 Å². The second-order valence-corrected chi connectivity index (χ2v) is 6.87. The molecule has 2 aromatic carbocycles. The predicted molar refractivity (Wildman–Crippen MR) is 97.0 cm³/mol. The number of aromatic amines is 1. The van der Waals surface area contributed by atoms with E-state index in [0.29, 0.717) is 34.2 Å². The van der Waals surface area contributed by atoms with Gasteiger partial charge in [-0.2, -0.15) is 0 Å². The fourth-order valence-electron chi connectivity index (χ4n) is 2.97. The Hall–Kier alpha value is -2.24. The molecule has 0 aliphatic rings. The van der Waals surface area contributed by atoms with E-state index < -0.39 is 0 Å². The van der Waals surface area contributed by atoms with Crippen LogP contribution in [0.25, 0.3) is 10.9 Å². The molecule has 3 N–H and O–H groups in total. The van der Waals surface area contributed by atoms with Crippen LogP contribution in [0.4, 0.5) is 4.39 Å². The van der Waals surface area contributed by atoms with E-state index >= 15 is 0 Å². The molecule has 1 heterocycles. The van der Waals surface area contributed by atoms with Crippen molar-refractivity contribution in [3.8, 4) is 0 Å². The summed E-state index contributed by atoms with van der Waals surface area (Å²) in [6.07, 6.45) is 0. The molecular formula is C19H20ClFN3O+. The summed E-state index contributed by atoms with van der Waals surface area (Å²) in [6, 6.07) is 11.7. The van der Waals surface area contributed by atoms with Gasteiger partial charge in [0.15, 0.2) is 5.82 Å². The first-order valence-electron chi connectivity index (χ1n) is 8.21. The molecule has 1 aromatic heterocycles. The minimum Gasteiger partial charge on any atom is -0.334 e. The molecule has 0 spiro atoms. The topological polar surface area (TPSA) is 62.4 Å². The first-order valence-corrected chi connectivity index (χ1v) is 8.59. The number of benzene rings is 2. The lowest BCUT2D eigenvalue weighted by Gasteiger charge is -2.19. The van der Waals surface area contributed by atoms with E-state index in [1.807, 2.05) is 0 Å². The quantitative estimate of drug-likeness (QED) is 0.734. The average molecular weight is 361 g/mol. The van der Waals surface area contributed by atoms with Crippen LogP contribution in [0.3, 0.4) is 0 Å². The standard InChI is InChI=1S/C19H19ClFN3O/c1-11(2)18(12-3-6-14(21)7-4-12)22-10-17-23-16-9-13(20)5-8-15(16)19(25)24-17/h3-9,11,18,22H,10H2,1-2H3,(H,23,24,25)/p+1/t18-/m0/s1. The number of quaternary nitrogens is 1. The van der Waals surface area contributed by atoms with E-state index in [1.165, 1.54) is 12.1 Å². The number of rotatable bonds is 5. The maximum absolute atomic E-state index is 13.2. The fourth-order valence-corrected chi connectivity index (χ4v) is 3.14. The highest BCUT2D eigenvalue weighted by atomic mass is 35.5. The third kappa shape index (κ3) is 4.06. The highest BCUT2D eigenvalue weighted by molar-refractivity contribution is 6.31. The van der Waals surface area contributed by atoms with Gasteiger partial charge in [0, 0.05) is 16.5 Å². The Morgan fingerprint density at radius 2 is 1.92 bits per heavy atom. The Morgan fingerprint density at radius 3 is 2.60 bits per heavy atom. The zero-order valence-electron chi connectivity index (χ0n) is 14.1. The lowest BCUT2D eigenvalue weighted by Crippen LogP contribution is -2.85. The molecular weight excluding hydrogens is 341 g/mol. The van der Waals surface area contributed by atoms with Crippen LogP contribution in [0.1, 0.15) is 31.3 Å². The van der Waals surface area contributed by atoms with Crippen LogP contribution < -0.4 is 10.9 Å². The van der Waals surface area contributed by atoms with E-state index in [2.05, 4.69) is 29.1 Å². The number of H-pyrrole nitrogens is 1. The highest BCUT2D eigenvalue weighted by Gasteiger charge is 2.20. The summed E-state index contributed by atoms with van der Waals surface area (Å²) in [7, 11) is 0. The molecule has 0 radical (unpaired) electrons. The number of fused-ring (bicyclic) bond motifs is 1. The van der Waals surface area contributed by atoms with Crippen molar-refractivity contribution >= 4 is 22.5 Å². The van der Waals surface area contributed by atoms with Gasteiger partial charge in [-0.25, -0.2) is 9.37 Å². The molecule has 25 heavy (non-hydrogen) atoms. The summed E-state index contributed by atoms with van der Waals surface area (Å²) < 4.78 is 13.2. The van der Waals surface area contributed by atoms with E-state index in [-0.39, 0.29) is 17.4 Å². The van der Waals surface area contributed by atoms with Gasteiger partial charge in [-0.1, -0.05) is 37.6 Å². The number of halogens is 2. The number of hydrogen-bond acceptors (Lipinski definition) is 2. The number of nitrogens with zero attached hydrogens (tertiary/aromatic N) is 1. The molecule has 3 rings (SSSR count). The highest BCUT2D eigenvalue weighted by Crippen LogP contribution is 2.18. The third-order valence-corrected chi connectivity index (χ3v) is 4.49. The smallest absolute Gasteiger partial charge is 0.258 e. The molecule has 0 saturated heterocycles. The number of nitrogens with two attached hydrogens (primary N) is 1. The van der Waals surface area contributed by atoms with Crippen LogP contribution in [0, 0.1) is 11.7 Å². The summed E-state index contributed by atoms with van der Waals surface area (Å²) in [4.78, 5) is 19.5. The Bertz CT molecular complexity index is 938. The molecule has 6 heteroatoms. The van der Waals surface area contributed by atoms with E-state index in [0.717, 1.165) is 5.56 Å². The van der Waals surface area contributed by atoms with Gasteiger partial charge >= 0.3 is 0 Å². The Morgan fingerprint density at radius 1 is 1.20 bits per heavy atom. The Kier molecular flexibility index (Phi) is 5.16. The summed E-state index contributed by atoms with van der Waals surface area (Å²) >= 11 is 5.99. The van der Waals surface area contributed by atoms with Crippen LogP contribution in [0.15, 0.2) is 47.3 Å². The summed E-state index contributed by atoms with van der Waals surface area (Å²) in [5.74, 6) is 0.684. The molecule has 0 saturated carbocycles. The Labute approximate surface area is 150 Å². The molecule has 130 valence electrons. The first kappa shape index (κ1) is 17.6. The van der Waals surface area contributed by atoms with E-state index in [9.17, 15) is 9.18 Å². The maximum Gasteiger partial charge on any atom is 0.258 e.